The summed E-state index contributed by atoms with van der Waals surface area (Å²) in [5.74, 6) is -0.599. The van der Waals surface area contributed by atoms with Crippen molar-refractivity contribution in [3.8, 4) is 11.1 Å². The second kappa shape index (κ2) is 5.23. The molecular weight excluding hydrogens is 290 g/mol. The van der Waals surface area contributed by atoms with Gasteiger partial charge in [0, 0.05) is 12.1 Å². The lowest BCUT2D eigenvalue weighted by atomic mass is 9.94. The number of carboxylic acid groups (broad SMARTS) is 1. The molecule has 0 fully saturated rings. The van der Waals surface area contributed by atoms with Crippen molar-refractivity contribution in [3.05, 3.63) is 58.7 Å². The fourth-order valence-electron chi connectivity index (χ4n) is 3.72. The lowest BCUT2D eigenvalue weighted by Crippen LogP contribution is -2.12. The van der Waals surface area contributed by atoms with Crippen molar-refractivity contribution in [1.82, 2.24) is 5.32 Å². The molecule has 0 radical (unpaired) electrons. The summed E-state index contributed by atoms with van der Waals surface area (Å²) in [6, 6.07) is 12.2. The van der Waals surface area contributed by atoms with Gasteiger partial charge in [0.15, 0.2) is 0 Å². The molecule has 1 aliphatic carbocycles. The number of rotatable bonds is 3. The maximum absolute atomic E-state index is 11.6. The zero-order valence-corrected chi connectivity index (χ0v) is 12.6. The Balaban J connectivity index is 1.67. The second-order valence-corrected chi connectivity index (χ2v) is 6.30. The highest BCUT2D eigenvalue weighted by molar-refractivity contribution is 5.98. The fourth-order valence-corrected chi connectivity index (χ4v) is 3.72. The van der Waals surface area contributed by atoms with Gasteiger partial charge in [-0.1, -0.05) is 24.3 Å². The third-order valence-electron chi connectivity index (χ3n) is 4.89. The van der Waals surface area contributed by atoms with Crippen molar-refractivity contribution in [3.63, 3.8) is 0 Å². The van der Waals surface area contributed by atoms with Gasteiger partial charge in [-0.15, -0.1) is 0 Å². The summed E-state index contributed by atoms with van der Waals surface area (Å²) in [6.45, 7) is 0.591. The quantitative estimate of drug-likeness (QED) is 0.915. The summed E-state index contributed by atoms with van der Waals surface area (Å²) in [5, 5.41) is 11.8. The molecule has 0 bridgehead atoms. The average Bonchev–Trinajstić information content (AvgIpc) is 3.10. The van der Waals surface area contributed by atoms with Crippen LogP contribution in [0.1, 0.15) is 45.8 Å². The molecule has 4 rings (SSSR count). The van der Waals surface area contributed by atoms with E-state index in [4.69, 9.17) is 5.11 Å². The summed E-state index contributed by atoms with van der Waals surface area (Å²) in [5.41, 5.74) is 6.46. The molecule has 4 nitrogen and oxygen atoms in total. The highest BCUT2D eigenvalue weighted by Gasteiger charge is 2.25. The Bertz CT molecular complexity index is 825. The molecule has 1 amide bonds. The van der Waals surface area contributed by atoms with Gasteiger partial charge in [-0.2, -0.15) is 0 Å². The van der Waals surface area contributed by atoms with Crippen molar-refractivity contribution in [1.29, 1.82) is 0 Å². The summed E-state index contributed by atoms with van der Waals surface area (Å²) in [7, 11) is 0. The van der Waals surface area contributed by atoms with E-state index >= 15 is 0 Å². The lowest BCUT2D eigenvalue weighted by Gasteiger charge is -2.10. The summed E-state index contributed by atoms with van der Waals surface area (Å²) in [4.78, 5) is 22.6. The number of benzene rings is 2. The number of carbonyl (C=O) groups excluding carboxylic acids is 1. The third kappa shape index (κ3) is 2.40. The van der Waals surface area contributed by atoms with Gasteiger partial charge in [0.25, 0.3) is 5.91 Å². The number of hydrogen-bond donors (Lipinski definition) is 2. The van der Waals surface area contributed by atoms with Gasteiger partial charge in [0.1, 0.15) is 0 Å². The Morgan fingerprint density at radius 2 is 1.87 bits per heavy atom. The van der Waals surface area contributed by atoms with Gasteiger partial charge < -0.3 is 10.4 Å². The maximum Gasteiger partial charge on any atom is 0.303 e. The van der Waals surface area contributed by atoms with Crippen LogP contribution in [0.2, 0.25) is 0 Å². The minimum absolute atomic E-state index is 0.00276. The molecule has 0 saturated heterocycles. The number of amides is 1. The molecule has 1 unspecified atom stereocenters. The first kappa shape index (κ1) is 14.0. The molecule has 2 N–H and O–H groups in total. The van der Waals surface area contributed by atoms with Crippen LogP contribution in [0.3, 0.4) is 0 Å². The molecule has 0 saturated carbocycles. The zero-order chi connectivity index (χ0) is 16.0. The first-order valence-electron chi connectivity index (χ1n) is 7.88. The monoisotopic (exact) mass is 307 g/mol. The van der Waals surface area contributed by atoms with Gasteiger partial charge in [-0.3, -0.25) is 9.59 Å². The number of fused-ring (bicyclic) bond motifs is 2. The molecule has 1 heterocycles. The van der Waals surface area contributed by atoms with Crippen LogP contribution in [0.25, 0.3) is 11.1 Å². The SMILES string of the molecule is O=C(O)CC1CCc2cc(-c3ccc4c(c3)CNC4=O)ccc21. The molecular formula is C19H17NO3. The molecule has 1 atom stereocenters. The van der Waals surface area contributed by atoms with E-state index in [0.717, 1.165) is 35.1 Å². The Morgan fingerprint density at radius 1 is 1.13 bits per heavy atom. The van der Waals surface area contributed by atoms with Crippen LogP contribution in [0, 0.1) is 0 Å². The standard InChI is InChI=1S/C19H17NO3/c21-18(22)9-14-2-1-13-7-11(3-5-16(13)14)12-4-6-17-15(8-12)10-20-19(17)23/h3-8,14H,1-2,9-10H2,(H,20,23)(H,21,22). The molecule has 2 aromatic carbocycles. The van der Waals surface area contributed by atoms with Gasteiger partial charge in [0.2, 0.25) is 0 Å². The summed E-state index contributed by atoms with van der Waals surface area (Å²) in [6.07, 6.45) is 2.05. The van der Waals surface area contributed by atoms with Crippen LogP contribution in [0.5, 0.6) is 0 Å². The van der Waals surface area contributed by atoms with E-state index in [9.17, 15) is 9.59 Å². The van der Waals surface area contributed by atoms with E-state index in [0.29, 0.717) is 6.54 Å². The lowest BCUT2D eigenvalue weighted by molar-refractivity contribution is -0.137. The molecule has 0 spiro atoms. The largest absolute Gasteiger partial charge is 0.481 e. The molecule has 2 aromatic rings. The Morgan fingerprint density at radius 3 is 2.65 bits per heavy atom. The van der Waals surface area contributed by atoms with Crippen molar-refractivity contribution in [2.45, 2.75) is 31.7 Å². The highest BCUT2D eigenvalue weighted by Crippen LogP contribution is 2.38. The summed E-state index contributed by atoms with van der Waals surface area (Å²) < 4.78 is 0. The van der Waals surface area contributed by atoms with Crippen LogP contribution in [-0.2, 0) is 17.8 Å². The third-order valence-corrected chi connectivity index (χ3v) is 4.89. The summed E-state index contributed by atoms with van der Waals surface area (Å²) >= 11 is 0. The van der Waals surface area contributed by atoms with Crippen molar-refractivity contribution in [2.24, 2.45) is 0 Å². The van der Waals surface area contributed by atoms with Crippen LogP contribution < -0.4 is 5.32 Å². The number of nitrogens with one attached hydrogen (secondary N) is 1. The number of carboxylic acids is 1. The van der Waals surface area contributed by atoms with Crippen molar-refractivity contribution >= 4 is 11.9 Å². The average molecular weight is 307 g/mol. The molecule has 4 heteroatoms. The number of aryl methyl sites for hydroxylation is 1. The van der Waals surface area contributed by atoms with Crippen LogP contribution in [-0.4, -0.2) is 17.0 Å². The zero-order valence-electron chi connectivity index (χ0n) is 12.6. The second-order valence-electron chi connectivity index (χ2n) is 6.30. The fraction of sp³-hybridized carbons (Fsp3) is 0.263. The molecule has 116 valence electrons. The highest BCUT2D eigenvalue weighted by atomic mass is 16.4. The van der Waals surface area contributed by atoms with Gasteiger partial charge in [0.05, 0.1) is 6.42 Å². The first-order valence-corrected chi connectivity index (χ1v) is 7.88. The predicted molar refractivity (Wildman–Crippen MR) is 86.4 cm³/mol. The molecule has 1 aliphatic heterocycles. The Kier molecular flexibility index (Phi) is 3.18. The minimum atomic E-state index is -0.734. The molecule has 2 aliphatic rings. The predicted octanol–water partition coefficient (Wildman–Crippen LogP) is 3.10. The van der Waals surface area contributed by atoms with Crippen LogP contribution in [0.4, 0.5) is 0 Å². The first-order chi connectivity index (χ1) is 11.1. The van der Waals surface area contributed by atoms with Crippen LogP contribution in [0.15, 0.2) is 36.4 Å². The normalized spacial score (nSPS) is 18.4. The Hall–Kier alpha value is -2.62. The van der Waals surface area contributed by atoms with Crippen molar-refractivity contribution < 1.29 is 14.7 Å². The van der Waals surface area contributed by atoms with Gasteiger partial charge in [-0.25, -0.2) is 0 Å². The van der Waals surface area contributed by atoms with Gasteiger partial charge in [-0.05, 0) is 58.7 Å². The van der Waals surface area contributed by atoms with Crippen molar-refractivity contribution in [2.75, 3.05) is 0 Å². The van der Waals surface area contributed by atoms with E-state index < -0.39 is 5.97 Å². The van der Waals surface area contributed by atoms with E-state index in [1.165, 1.54) is 11.1 Å². The van der Waals surface area contributed by atoms with Crippen LogP contribution >= 0.6 is 0 Å². The molecule has 0 aromatic heterocycles. The number of aliphatic carboxylic acids is 1. The smallest absolute Gasteiger partial charge is 0.303 e. The van der Waals surface area contributed by atoms with E-state index in [2.05, 4.69) is 29.6 Å². The topological polar surface area (TPSA) is 66.4 Å². The van der Waals surface area contributed by atoms with E-state index in [-0.39, 0.29) is 18.2 Å². The van der Waals surface area contributed by atoms with Gasteiger partial charge >= 0.3 is 5.97 Å². The molecule has 23 heavy (non-hydrogen) atoms. The van der Waals surface area contributed by atoms with E-state index in [1.807, 2.05) is 12.1 Å². The number of carbonyl (C=O) groups is 2. The van der Waals surface area contributed by atoms with E-state index in [1.54, 1.807) is 0 Å². The minimum Gasteiger partial charge on any atom is -0.481 e. The number of hydrogen-bond acceptors (Lipinski definition) is 2. The Labute approximate surface area is 134 Å². The maximum atomic E-state index is 11.6.